The van der Waals surface area contributed by atoms with E-state index < -0.39 is 0 Å². The second-order valence-electron chi connectivity index (χ2n) is 7.84. The third-order valence-electron chi connectivity index (χ3n) is 5.67. The summed E-state index contributed by atoms with van der Waals surface area (Å²) in [5.74, 6) is -0.384. The summed E-state index contributed by atoms with van der Waals surface area (Å²) in [6.45, 7) is 2.19. The molecule has 1 aliphatic rings. The van der Waals surface area contributed by atoms with Crippen LogP contribution in [0.5, 0.6) is 0 Å². The van der Waals surface area contributed by atoms with Crippen molar-refractivity contribution in [2.24, 2.45) is 0 Å². The molecule has 1 aliphatic heterocycles. The first-order valence-electron chi connectivity index (χ1n) is 10.8. The van der Waals surface area contributed by atoms with Gasteiger partial charge in [-0.15, -0.1) is 0 Å². The number of aromatic nitrogens is 1. The fourth-order valence-electron chi connectivity index (χ4n) is 3.83. The smallest absolute Gasteiger partial charge is 0.270 e. The Bertz CT molecular complexity index is 1140. The molecule has 33 heavy (non-hydrogen) atoms. The largest absolute Gasteiger partial charge is 0.350 e. The molecule has 4 rings (SSSR count). The van der Waals surface area contributed by atoms with Crippen molar-refractivity contribution in [2.45, 2.75) is 13.1 Å². The summed E-state index contributed by atoms with van der Waals surface area (Å²) in [4.78, 5) is 41.7. The number of carbonyl (C=O) groups excluding carboxylic acids is 3. The zero-order valence-electron chi connectivity index (χ0n) is 18.1. The van der Waals surface area contributed by atoms with Crippen molar-refractivity contribution < 1.29 is 14.4 Å². The van der Waals surface area contributed by atoms with Gasteiger partial charge >= 0.3 is 0 Å². The van der Waals surface area contributed by atoms with Crippen LogP contribution in [-0.4, -0.2) is 58.3 Å². The predicted octanol–water partition coefficient (Wildman–Crippen LogP) is 3.06. The van der Waals surface area contributed by atoms with E-state index in [-0.39, 0.29) is 24.3 Å². The number of halogens is 1. The number of hydrogen-bond acceptors (Lipinski definition) is 3. The summed E-state index contributed by atoms with van der Waals surface area (Å²) in [5, 5.41) is 3.44. The van der Waals surface area contributed by atoms with Crippen LogP contribution < -0.4 is 5.32 Å². The predicted molar refractivity (Wildman–Crippen MR) is 126 cm³/mol. The van der Waals surface area contributed by atoms with Crippen LogP contribution in [0, 0.1) is 0 Å². The van der Waals surface area contributed by atoms with Crippen molar-refractivity contribution >= 4 is 29.3 Å². The van der Waals surface area contributed by atoms with Gasteiger partial charge in [-0.25, -0.2) is 0 Å². The highest BCUT2D eigenvalue weighted by Gasteiger charge is 2.27. The van der Waals surface area contributed by atoms with Crippen LogP contribution >= 0.6 is 11.6 Å². The molecular weight excluding hydrogens is 440 g/mol. The minimum atomic E-state index is -0.210. The summed E-state index contributed by atoms with van der Waals surface area (Å²) >= 11 is 6.14. The molecule has 0 spiro atoms. The Hall–Kier alpha value is -3.58. The molecule has 0 bridgehead atoms. The minimum absolute atomic E-state index is 0.0266. The second kappa shape index (κ2) is 10.4. The van der Waals surface area contributed by atoms with Crippen molar-refractivity contribution in [3.05, 3.63) is 94.8 Å². The molecule has 1 N–H and O–H groups in total. The van der Waals surface area contributed by atoms with E-state index >= 15 is 0 Å². The Morgan fingerprint density at radius 2 is 1.42 bits per heavy atom. The van der Waals surface area contributed by atoms with Gasteiger partial charge in [-0.05, 0) is 35.9 Å². The van der Waals surface area contributed by atoms with Crippen molar-refractivity contribution in [1.29, 1.82) is 0 Å². The van der Waals surface area contributed by atoms with Crippen molar-refractivity contribution in [3.63, 3.8) is 0 Å². The first-order chi connectivity index (χ1) is 16.0. The van der Waals surface area contributed by atoms with Crippen molar-refractivity contribution in [1.82, 2.24) is 19.7 Å². The Morgan fingerprint density at radius 1 is 0.788 bits per heavy atom. The number of carbonyl (C=O) groups is 3. The molecule has 3 amide bonds. The summed E-state index contributed by atoms with van der Waals surface area (Å²) in [6.07, 6.45) is 1.72. The lowest BCUT2D eigenvalue weighted by atomic mass is 10.2. The van der Waals surface area contributed by atoms with Crippen LogP contribution in [0.1, 0.15) is 26.4 Å². The first kappa shape index (κ1) is 22.6. The van der Waals surface area contributed by atoms with E-state index in [4.69, 9.17) is 11.6 Å². The van der Waals surface area contributed by atoms with E-state index in [2.05, 4.69) is 5.32 Å². The van der Waals surface area contributed by atoms with Crippen LogP contribution in [0.25, 0.3) is 0 Å². The van der Waals surface area contributed by atoms with Gasteiger partial charge < -0.3 is 19.7 Å². The molecule has 1 aromatic heterocycles. The molecule has 1 fully saturated rings. The van der Waals surface area contributed by atoms with Crippen LogP contribution in [0.4, 0.5) is 0 Å². The average Bonchev–Trinajstić information content (AvgIpc) is 3.31. The Morgan fingerprint density at radius 3 is 2.12 bits per heavy atom. The molecule has 7 nitrogen and oxygen atoms in total. The van der Waals surface area contributed by atoms with Gasteiger partial charge in [0.2, 0.25) is 5.91 Å². The molecule has 0 radical (unpaired) electrons. The highest BCUT2D eigenvalue weighted by molar-refractivity contribution is 6.31. The average molecular weight is 465 g/mol. The minimum Gasteiger partial charge on any atom is -0.350 e. The number of amides is 3. The van der Waals surface area contributed by atoms with Gasteiger partial charge in [-0.2, -0.15) is 0 Å². The fourth-order valence-corrected chi connectivity index (χ4v) is 4.03. The number of nitrogens with one attached hydrogen (secondary N) is 1. The quantitative estimate of drug-likeness (QED) is 0.609. The normalized spacial score (nSPS) is 13.6. The van der Waals surface area contributed by atoms with Gasteiger partial charge in [0.25, 0.3) is 11.8 Å². The highest BCUT2D eigenvalue weighted by Crippen LogP contribution is 2.15. The zero-order chi connectivity index (χ0) is 23.2. The van der Waals surface area contributed by atoms with Gasteiger partial charge in [0.05, 0.1) is 0 Å². The number of piperazine rings is 1. The third kappa shape index (κ3) is 5.43. The monoisotopic (exact) mass is 464 g/mol. The molecule has 0 aliphatic carbocycles. The topological polar surface area (TPSA) is 74.7 Å². The molecule has 0 atom stereocenters. The van der Waals surface area contributed by atoms with Crippen molar-refractivity contribution in [3.8, 4) is 0 Å². The van der Waals surface area contributed by atoms with Crippen LogP contribution in [-0.2, 0) is 17.9 Å². The maximum absolute atomic E-state index is 13.1. The highest BCUT2D eigenvalue weighted by atomic mass is 35.5. The van der Waals surface area contributed by atoms with Crippen LogP contribution in [0.2, 0.25) is 5.02 Å². The number of nitrogens with zero attached hydrogens (tertiary/aromatic N) is 3. The van der Waals surface area contributed by atoms with Gasteiger partial charge in [0, 0.05) is 49.5 Å². The molecule has 0 saturated carbocycles. The molecule has 170 valence electrons. The summed E-state index contributed by atoms with van der Waals surface area (Å²) < 4.78 is 1.64. The van der Waals surface area contributed by atoms with Crippen LogP contribution in [0.3, 0.4) is 0 Å². The molecule has 2 heterocycles. The van der Waals surface area contributed by atoms with Gasteiger partial charge in [0.15, 0.2) is 0 Å². The standard InChI is InChI=1S/C25H25ClN4O3/c26-21-10-5-4-9-20(21)17-27-23(31)18-30-12-6-11-22(30)25(33)29-15-13-28(14-16-29)24(32)19-7-2-1-3-8-19/h1-12H,13-18H2,(H,27,31). The zero-order valence-corrected chi connectivity index (χ0v) is 18.9. The Balaban J connectivity index is 1.32. The fraction of sp³-hybridized carbons (Fsp3) is 0.240. The van der Waals surface area contributed by atoms with E-state index in [0.717, 1.165) is 5.56 Å². The van der Waals surface area contributed by atoms with Gasteiger partial charge in [0.1, 0.15) is 12.2 Å². The lowest BCUT2D eigenvalue weighted by Gasteiger charge is -2.35. The molecular formula is C25H25ClN4O3. The lowest BCUT2D eigenvalue weighted by Crippen LogP contribution is -2.51. The number of rotatable bonds is 6. The van der Waals surface area contributed by atoms with E-state index in [1.54, 1.807) is 50.9 Å². The Kier molecular flexibility index (Phi) is 7.10. The summed E-state index contributed by atoms with van der Waals surface area (Å²) in [6, 6.07) is 19.9. The maximum atomic E-state index is 13.1. The molecule has 0 unspecified atom stereocenters. The van der Waals surface area contributed by atoms with Crippen LogP contribution in [0.15, 0.2) is 72.9 Å². The van der Waals surface area contributed by atoms with E-state index in [0.29, 0.717) is 49.0 Å². The molecule has 8 heteroatoms. The van der Waals surface area contributed by atoms with E-state index in [1.165, 1.54) is 0 Å². The van der Waals surface area contributed by atoms with Crippen molar-refractivity contribution in [2.75, 3.05) is 26.2 Å². The Labute approximate surface area is 197 Å². The first-order valence-corrected chi connectivity index (χ1v) is 11.2. The molecule has 3 aromatic rings. The number of benzene rings is 2. The SMILES string of the molecule is O=C(Cn1cccc1C(=O)N1CCN(C(=O)c2ccccc2)CC1)NCc1ccccc1Cl. The van der Waals surface area contributed by atoms with E-state index in [1.807, 2.05) is 36.4 Å². The van der Waals surface area contributed by atoms with E-state index in [9.17, 15) is 14.4 Å². The van der Waals surface area contributed by atoms with Gasteiger partial charge in [-0.3, -0.25) is 14.4 Å². The second-order valence-corrected chi connectivity index (χ2v) is 8.25. The van der Waals surface area contributed by atoms with Gasteiger partial charge in [-0.1, -0.05) is 48.0 Å². The molecule has 1 saturated heterocycles. The number of hydrogen-bond donors (Lipinski definition) is 1. The summed E-state index contributed by atoms with van der Waals surface area (Å²) in [7, 11) is 0. The third-order valence-corrected chi connectivity index (χ3v) is 6.04. The lowest BCUT2D eigenvalue weighted by molar-refractivity contribution is -0.121. The maximum Gasteiger partial charge on any atom is 0.270 e. The molecule has 2 aromatic carbocycles. The summed E-state index contributed by atoms with van der Waals surface area (Å²) in [5.41, 5.74) is 1.93.